The van der Waals surface area contributed by atoms with E-state index in [0.717, 1.165) is 11.1 Å². The van der Waals surface area contributed by atoms with Gasteiger partial charge in [-0.2, -0.15) is 5.26 Å². The van der Waals surface area contributed by atoms with Gasteiger partial charge >= 0.3 is 6.09 Å². The third-order valence-electron chi connectivity index (χ3n) is 3.09. The lowest BCUT2D eigenvalue weighted by atomic mass is 10.1. The van der Waals surface area contributed by atoms with Gasteiger partial charge in [-0.05, 0) is 30.2 Å². The van der Waals surface area contributed by atoms with Crippen molar-refractivity contribution >= 4 is 6.09 Å². The second-order valence-electron chi connectivity index (χ2n) is 4.66. The minimum Gasteiger partial charge on any atom is -0.445 e. The van der Waals surface area contributed by atoms with Crippen LogP contribution in [0, 0.1) is 11.3 Å². The molecule has 0 aliphatic carbocycles. The lowest BCUT2D eigenvalue weighted by Crippen LogP contribution is -2.27. The predicted octanol–water partition coefficient (Wildman–Crippen LogP) is 3.55. The molecule has 1 N–H and O–H groups in total. The molecule has 0 unspecified atom stereocenters. The molecule has 2 aromatic carbocycles. The molecule has 0 radical (unpaired) electrons. The number of nitrogens with one attached hydrogen (secondary N) is 1. The zero-order chi connectivity index (χ0) is 15.1. The summed E-state index contributed by atoms with van der Waals surface area (Å²) in [6.07, 6.45) is -0.462. The van der Waals surface area contributed by atoms with Crippen LogP contribution in [0.5, 0.6) is 0 Å². The van der Waals surface area contributed by atoms with Crippen molar-refractivity contribution < 1.29 is 9.53 Å². The monoisotopic (exact) mass is 280 g/mol. The van der Waals surface area contributed by atoms with Crippen LogP contribution in [0.15, 0.2) is 54.6 Å². The number of carbonyl (C=O) groups excluding carboxylic acids is 1. The molecule has 4 heteroatoms. The Morgan fingerprint density at radius 3 is 2.48 bits per heavy atom. The van der Waals surface area contributed by atoms with E-state index in [0.29, 0.717) is 5.56 Å². The number of hydrogen-bond donors (Lipinski definition) is 1. The Balaban J connectivity index is 1.85. The van der Waals surface area contributed by atoms with Crippen LogP contribution in [0.25, 0.3) is 0 Å². The van der Waals surface area contributed by atoms with Gasteiger partial charge in [-0.3, -0.25) is 0 Å². The lowest BCUT2D eigenvalue weighted by molar-refractivity contribution is 0.136. The average molecular weight is 280 g/mol. The topological polar surface area (TPSA) is 62.1 Å². The van der Waals surface area contributed by atoms with Gasteiger partial charge in [-0.25, -0.2) is 4.79 Å². The Bertz CT molecular complexity index is 630. The number of carbonyl (C=O) groups is 1. The molecule has 1 atom stereocenters. The van der Waals surface area contributed by atoms with Gasteiger partial charge in [-0.15, -0.1) is 0 Å². The molecule has 0 aromatic heterocycles. The third-order valence-corrected chi connectivity index (χ3v) is 3.09. The Kier molecular flexibility index (Phi) is 4.94. The van der Waals surface area contributed by atoms with Crippen LogP contribution >= 0.6 is 0 Å². The maximum Gasteiger partial charge on any atom is 0.407 e. The Morgan fingerprint density at radius 1 is 1.19 bits per heavy atom. The molecule has 0 saturated heterocycles. The molecule has 1 amide bonds. The summed E-state index contributed by atoms with van der Waals surface area (Å²) in [5.74, 6) is 0. The molecule has 2 rings (SSSR count). The maximum atomic E-state index is 11.7. The molecule has 2 aromatic rings. The smallest absolute Gasteiger partial charge is 0.407 e. The molecule has 0 saturated carbocycles. The number of hydrogen-bond acceptors (Lipinski definition) is 3. The van der Waals surface area contributed by atoms with Gasteiger partial charge in [-0.1, -0.05) is 42.5 Å². The highest BCUT2D eigenvalue weighted by Crippen LogP contribution is 2.13. The Labute approximate surface area is 124 Å². The van der Waals surface area contributed by atoms with Crippen LogP contribution in [0.1, 0.15) is 29.7 Å². The van der Waals surface area contributed by atoms with Gasteiger partial charge in [0.1, 0.15) is 6.61 Å². The number of rotatable bonds is 4. The van der Waals surface area contributed by atoms with E-state index in [2.05, 4.69) is 11.4 Å². The second kappa shape index (κ2) is 7.11. The van der Waals surface area contributed by atoms with Gasteiger partial charge in [0.15, 0.2) is 0 Å². The van der Waals surface area contributed by atoms with Crippen molar-refractivity contribution in [3.63, 3.8) is 0 Å². The first kappa shape index (κ1) is 14.6. The molecular weight excluding hydrogens is 264 g/mol. The van der Waals surface area contributed by atoms with Crippen LogP contribution in [-0.2, 0) is 11.3 Å². The summed E-state index contributed by atoms with van der Waals surface area (Å²) in [6, 6.07) is 18.5. The summed E-state index contributed by atoms with van der Waals surface area (Å²) >= 11 is 0. The summed E-state index contributed by atoms with van der Waals surface area (Å²) in [5, 5.41) is 11.5. The van der Waals surface area contributed by atoms with E-state index in [1.54, 1.807) is 12.1 Å². The fourth-order valence-corrected chi connectivity index (χ4v) is 1.87. The largest absolute Gasteiger partial charge is 0.445 e. The average Bonchev–Trinajstić information content (AvgIpc) is 2.54. The first-order valence-electron chi connectivity index (χ1n) is 6.66. The van der Waals surface area contributed by atoms with Crippen molar-refractivity contribution in [2.24, 2.45) is 0 Å². The summed E-state index contributed by atoms with van der Waals surface area (Å²) in [5.41, 5.74) is 2.46. The fourth-order valence-electron chi connectivity index (χ4n) is 1.87. The Morgan fingerprint density at radius 2 is 1.86 bits per heavy atom. The number of ether oxygens (including phenoxy) is 1. The number of nitrogens with zero attached hydrogens (tertiary/aromatic N) is 1. The maximum absolute atomic E-state index is 11.7. The van der Waals surface area contributed by atoms with Crippen LogP contribution < -0.4 is 5.32 Å². The first-order valence-corrected chi connectivity index (χ1v) is 6.66. The first-order chi connectivity index (χ1) is 10.2. The molecule has 0 fully saturated rings. The van der Waals surface area contributed by atoms with Crippen LogP contribution in [0.4, 0.5) is 4.79 Å². The van der Waals surface area contributed by atoms with Gasteiger partial charge in [0.2, 0.25) is 0 Å². The molecule has 0 bridgehead atoms. The highest BCUT2D eigenvalue weighted by molar-refractivity contribution is 5.67. The molecule has 21 heavy (non-hydrogen) atoms. The van der Waals surface area contributed by atoms with E-state index in [9.17, 15) is 4.79 Å². The number of alkyl carbamates (subject to hydrolysis) is 1. The fraction of sp³-hybridized carbons (Fsp3) is 0.176. The minimum atomic E-state index is -0.462. The van der Waals surface area contributed by atoms with Crippen molar-refractivity contribution in [2.45, 2.75) is 19.6 Å². The summed E-state index contributed by atoms with van der Waals surface area (Å²) in [4.78, 5) is 11.7. The highest BCUT2D eigenvalue weighted by atomic mass is 16.5. The molecular formula is C17H16N2O2. The predicted molar refractivity (Wildman–Crippen MR) is 79.3 cm³/mol. The normalized spacial score (nSPS) is 11.2. The van der Waals surface area contributed by atoms with E-state index in [4.69, 9.17) is 10.00 Å². The van der Waals surface area contributed by atoms with Crippen molar-refractivity contribution in [1.82, 2.24) is 5.32 Å². The minimum absolute atomic E-state index is 0.180. The van der Waals surface area contributed by atoms with E-state index in [1.807, 2.05) is 49.4 Å². The van der Waals surface area contributed by atoms with Crippen LogP contribution in [-0.4, -0.2) is 6.09 Å². The second-order valence-corrected chi connectivity index (χ2v) is 4.66. The van der Waals surface area contributed by atoms with E-state index >= 15 is 0 Å². The highest BCUT2D eigenvalue weighted by Gasteiger charge is 2.10. The van der Waals surface area contributed by atoms with Gasteiger partial charge < -0.3 is 10.1 Å². The number of benzene rings is 2. The van der Waals surface area contributed by atoms with Gasteiger partial charge in [0.25, 0.3) is 0 Å². The molecule has 0 aliphatic rings. The molecule has 0 heterocycles. The van der Waals surface area contributed by atoms with Crippen molar-refractivity contribution in [3.05, 3.63) is 71.3 Å². The third kappa shape index (κ3) is 4.36. The summed E-state index contributed by atoms with van der Waals surface area (Å²) in [7, 11) is 0. The molecule has 4 nitrogen and oxygen atoms in total. The van der Waals surface area contributed by atoms with Crippen molar-refractivity contribution in [1.29, 1.82) is 5.26 Å². The quantitative estimate of drug-likeness (QED) is 0.931. The van der Waals surface area contributed by atoms with Crippen LogP contribution in [0.3, 0.4) is 0 Å². The van der Waals surface area contributed by atoms with Crippen molar-refractivity contribution in [3.8, 4) is 6.07 Å². The standard InChI is InChI=1S/C17H16N2O2/c1-13(16-9-7-14(11-18)8-10-16)19-17(20)21-12-15-5-3-2-4-6-15/h2-10,13H,12H2,1H3,(H,19,20)/t13-/m1/s1. The van der Waals surface area contributed by atoms with E-state index < -0.39 is 6.09 Å². The van der Waals surface area contributed by atoms with Gasteiger partial charge in [0.05, 0.1) is 17.7 Å². The molecule has 106 valence electrons. The number of nitriles is 1. The van der Waals surface area contributed by atoms with Crippen molar-refractivity contribution in [2.75, 3.05) is 0 Å². The molecule has 0 spiro atoms. The van der Waals surface area contributed by atoms with E-state index in [1.165, 1.54) is 0 Å². The zero-order valence-electron chi connectivity index (χ0n) is 11.7. The molecule has 0 aliphatic heterocycles. The lowest BCUT2D eigenvalue weighted by Gasteiger charge is -2.14. The SMILES string of the molecule is C[C@@H](NC(=O)OCc1ccccc1)c1ccc(C#N)cc1. The summed E-state index contributed by atoms with van der Waals surface area (Å²) in [6.45, 7) is 2.11. The van der Waals surface area contributed by atoms with E-state index in [-0.39, 0.29) is 12.6 Å². The number of amides is 1. The zero-order valence-corrected chi connectivity index (χ0v) is 11.7. The summed E-state index contributed by atoms with van der Waals surface area (Å²) < 4.78 is 5.16. The van der Waals surface area contributed by atoms with Gasteiger partial charge in [0, 0.05) is 0 Å². The Hall–Kier alpha value is -2.80. The van der Waals surface area contributed by atoms with Crippen LogP contribution in [0.2, 0.25) is 0 Å².